The molecule has 2 N–H and O–H groups in total. The zero-order valence-electron chi connectivity index (χ0n) is 16.9. The Morgan fingerprint density at radius 3 is 2.55 bits per heavy atom. The fourth-order valence-electron chi connectivity index (χ4n) is 3.75. The molecule has 2 aromatic rings. The van der Waals surface area contributed by atoms with Gasteiger partial charge in [-0.15, -0.1) is 5.10 Å². The van der Waals surface area contributed by atoms with Gasteiger partial charge in [-0.05, 0) is 12.8 Å². The van der Waals surface area contributed by atoms with Crippen LogP contribution in [0.4, 0.5) is 11.8 Å². The Kier molecular flexibility index (Phi) is 4.99. The summed E-state index contributed by atoms with van der Waals surface area (Å²) < 4.78 is 1.11. The molecule has 0 atom stereocenters. The maximum Gasteiger partial charge on any atom is 0.343 e. The molecule has 11 nitrogen and oxygen atoms in total. The first-order valence-electron chi connectivity index (χ1n) is 9.76. The second-order valence-electron chi connectivity index (χ2n) is 7.76. The van der Waals surface area contributed by atoms with Crippen LogP contribution in [0.3, 0.4) is 0 Å². The Labute approximate surface area is 168 Å². The Morgan fingerprint density at radius 2 is 1.93 bits per heavy atom. The predicted octanol–water partition coefficient (Wildman–Crippen LogP) is -0.876. The first-order valence-corrected chi connectivity index (χ1v) is 9.76. The Morgan fingerprint density at radius 1 is 1.21 bits per heavy atom. The number of rotatable bonds is 3. The molecule has 11 heteroatoms. The number of aliphatic hydroxyl groups excluding tert-OH is 1. The number of amides is 1. The molecule has 1 fully saturated rings. The molecule has 1 saturated heterocycles. The van der Waals surface area contributed by atoms with E-state index in [0.29, 0.717) is 51.4 Å². The van der Waals surface area contributed by atoms with E-state index in [2.05, 4.69) is 15.0 Å². The molecule has 2 aliphatic rings. The van der Waals surface area contributed by atoms with Crippen LogP contribution in [0.2, 0.25) is 0 Å². The van der Waals surface area contributed by atoms with Gasteiger partial charge in [0.15, 0.2) is 0 Å². The molecule has 0 aromatic carbocycles. The number of fused-ring (bicyclic) bond motifs is 1. The third-order valence-corrected chi connectivity index (χ3v) is 5.45. The number of hydrogen-bond acceptors (Lipinski definition) is 8. The number of aromatic nitrogens is 5. The largest absolute Gasteiger partial charge is 0.393 e. The second-order valence-corrected chi connectivity index (χ2v) is 7.76. The summed E-state index contributed by atoms with van der Waals surface area (Å²) in [5.41, 5.74) is 1.44. The minimum absolute atomic E-state index is 0.0365. The van der Waals surface area contributed by atoms with Crippen LogP contribution in [0, 0.1) is 0 Å². The third-order valence-electron chi connectivity index (χ3n) is 5.45. The first-order chi connectivity index (χ1) is 13.8. The van der Waals surface area contributed by atoms with Crippen LogP contribution in [0.1, 0.15) is 34.7 Å². The van der Waals surface area contributed by atoms with Crippen molar-refractivity contribution in [2.24, 2.45) is 7.05 Å². The Hall–Kier alpha value is -2.95. The monoisotopic (exact) mass is 402 g/mol. The molecule has 4 heterocycles. The van der Waals surface area contributed by atoms with E-state index in [1.807, 2.05) is 19.0 Å². The van der Waals surface area contributed by atoms with E-state index in [-0.39, 0.29) is 17.8 Å². The summed E-state index contributed by atoms with van der Waals surface area (Å²) in [4.78, 5) is 42.2. The fraction of sp³-hybridized carbons (Fsp3) is 0.611. The minimum Gasteiger partial charge on any atom is -0.393 e. The van der Waals surface area contributed by atoms with Gasteiger partial charge in [-0.1, -0.05) is 0 Å². The Bertz CT molecular complexity index is 974. The van der Waals surface area contributed by atoms with Crippen molar-refractivity contribution in [2.75, 3.05) is 43.5 Å². The lowest BCUT2D eigenvalue weighted by atomic mass is 10.0. The number of anilines is 2. The zero-order valence-corrected chi connectivity index (χ0v) is 16.9. The predicted molar refractivity (Wildman–Crippen MR) is 106 cm³/mol. The van der Waals surface area contributed by atoms with Crippen LogP contribution >= 0.6 is 0 Å². The normalized spacial score (nSPS) is 17.4. The standard InChI is InChI=1S/C18H26N8O3/c1-23(2)17-19-13-6-9-26(16(28)14-20-18(29)24(3)22-14)10-12(13)15(21-17)25-7-4-11(27)5-8-25/h11,27H,4-10H2,1-3H3,(H,20,22,29). The highest BCUT2D eigenvalue weighted by atomic mass is 16.3. The number of piperidine rings is 1. The van der Waals surface area contributed by atoms with Crippen molar-refractivity contribution in [1.82, 2.24) is 29.6 Å². The third kappa shape index (κ3) is 3.69. The van der Waals surface area contributed by atoms with Crippen LogP contribution < -0.4 is 15.5 Å². The van der Waals surface area contributed by atoms with Crippen molar-refractivity contribution >= 4 is 17.7 Å². The van der Waals surface area contributed by atoms with Crippen LogP contribution in [-0.2, 0) is 20.0 Å². The van der Waals surface area contributed by atoms with Crippen LogP contribution in [0.15, 0.2) is 4.79 Å². The number of nitrogens with one attached hydrogen (secondary N) is 1. The molecule has 156 valence electrons. The van der Waals surface area contributed by atoms with E-state index in [0.717, 1.165) is 21.8 Å². The molecule has 0 spiro atoms. The number of carbonyl (C=O) groups is 1. The second kappa shape index (κ2) is 7.47. The molecule has 0 bridgehead atoms. The number of H-pyrrole nitrogens is 1. The van der Waals surface area contributed by atoms with Gasteiger partial charge in [0.2, 0.25) is 11.8 Å². The lowest BCUT2D eigenvalue weighted by Gasteiger charge is -2.35. The Balaban J connectivity index is 1.67. The van der Waals surface area contributed by atoms with Gasteiger partial charge in [0.1, 0.15) is 5.82 Å². The summed E-state index contributed by atoms with van der Waals surface area (Å²) in [6.07, 6.45) is 1.70. The van der Waals surface area contributed by atoms with Gasteiger partial charge >= 0.3 is 5.69 Å². The molecule has 4 rings (SSSR count). The van der Waals surface area contributed by atoms with Gasteiger partial charge < -0.3 is 19.8 Å². The summed E-state index contributed by atoms with van der Waals surface area (Å²) in [5.74, 6) is 1.18. The van der Waals surface area contributed by atoms with Gasteiger partial charge in [0.25, 0.3) is 5.91 Å². The number of aryl methyl sites for hydroxylation is 1. The molecule has 0 aliphatic carbocycles. The highest BCUT2D eigenvalue weighted by Crippen LogP contribution is 2.30. The van der Waals surface area contributed by atoms with Crippen molar-refractivity contribution in [1.29, 1.82) is 0 Å². The van der Waals surface area contributed by atoms with E-state index in [1.165, 1.54) is 7.05 Å². The number of aromatic amines is 1. The summed E-state index contributed by atoms with van der Waals surface area (Å²) in [6, 6.07) is 0. The lowest BCUT2D eigenvalue weighted by Crippen LogP contribution is -2.41. The van der Waals surface area contributed by atoms with Crippen LogP contribution in [-0.4, -0.2) is 80.5 Å². The van der Waals surface area contributed by atoms with Crippen molar-refractivity contribution in [3.05, 3.63) is 27.6 Å². The molecule has 2 aliphatic heterocycles. The van der Waals surface area contributed by atoms with E-state index >= 15 is 0 Å². The maximum atomic E-state index is 12.9. The van der Waals surface area contributed by atoms with E-state index in [9.17, 15) is 14.7 Å². The average molecular weight is 402 g/mol. The average Bonchev–Trinajstić information content (AvgIpc) is 3.05. The highest BCUT2D eigenvalue weighted by molar-refractivity contribution is 5.90. The molecule has 1 amide bonds. The molecular weight excluding hydrogens is 376 g/mol. The topological polar surface area (TPSA) is 123 Å². The van der Waals surface area contributed by atoms with E-state index in [1.54, 1.807) is 4.90 Å². The summed E-state index contributed by atoms with van der Waals surface area (Å²) in [7, 11) is 5.31. The van der Waals surface area contributed by atoms with Crippen LogP contribution in [0.5, 0.6) is 0 Å². The zero-order chi connectivity index (χ0) is 20.7. The van der Waals surface area contributed by atoms with Gasteiger partial charge in [0, 0.05) is 52.8 Å². The highest BCUT2D eigenvalue weighted by Gasteiger charge is 2.31. The van der Waals surface area contributed by atoms with Gasteiger partial charge in [-0.3, -0.25) is 9.78 Å². The summed E-state index contributed by atoms with van der Waals surface area (Å²) in [6.45, 7) is 2.26. The molecule has 2 aromatic heterocycles. The number of hydrogen-bond donors (Lipinski definition) is 2. The number of carbonyl (C=O) groups excluding carboxylic acids is 1. The van der Waals surface area contributed by atoms with Crippen molar-refractivity contribution in [3.8, 4) is 0 Å². The summed E-state index contributed by atoms with van der Waals surface area (Å²) in [5, 5.41) is 13.8. The van der Waals surface area contributed by atoms with Gasteiger partial charge in [0.05, 0.1) is 18.3 Å². The molecule has 0 radical (unpaired) electrons. The summed E-state index contributed by atoms with van der Waals surface area (Å²) >= 11 is 0. The number of nitrogens with zero attached hydrogens (tertiary/aromatic N) is 7. The minimum atomic E-state index is -0.419. The maximum absolute atomic E-state index is 12.9. The smallest absolute Gasteiger partial charge is 0.343 e. The lowest BCUT2D eigenvalue weighted by molar-refractivity contribution is 0.0721. The first kappa shape index (κ1) is 19.4. The fourth-order valence-corrected chi connectivity index (χ4v) is 3.75. The van der Waals surface area contributed by atoms with Gasteiger partial charge in [-0.25, -0.2) is 14.5 Å². The van der Waals surface area contributed by atoms with E-state index in [4.69, 9.17) is 9.97 Å². The molecule has 29 heavy (non-hydrogen) atoms. The van der Waals surface area contributed by atoms with Crippen molar-refractivity contribution < 1.29 is 9.90 Å². The van der Waals surface area contributed by atoms with Crippen LogP contribution in [0.25, 0.3) is 0 Å². The molecule has 0 saturated carbocycles. The number of aliphatic hydroxyl groups is 1. The molecule has 0 unspecified atom stereocenters. The van der Waals surface area contributed by atoms with E-state index < -0.39 is 5.69 Å². The van der Waals surface area contributed by atoms with Crippen molar-refractivity contribution in [3.63, 3.8) is 0 Å². The molecular formula is C18H26N8O3. The van der Waals surface area contributed by atoms with Gasteiger partial charge in [-0.2, -0.15) is 4.98 Å². The van der Waals surface area contributed by atoms with Crippen molar-refractivity contribution in [2.45, 2.75) is 31.9 Å². The SMILES string of the molecule is CN(C)c1nc2c(c(N3CCC(O)CC3)n1)CN(C(=O)c1nn(C)c(=O)[nH]1)CC2. The quantitative estimate of drug-likeness (QED) is 0.679.